The Balaban J connectivity index is 1.50. The van der Waals surface area contributed by atoms with E-state index in [0.29, 0.717) is 22.1 Å². The smallest absolute Gasteiger partial charge is 0.230 e. The van der Waals surface area contributed by atoms with Crippen LogP contribution in [0.5, 0.6) is 0 Å². The topological polar surface area (TPSA) is 73.2 Å². The molecule has 1 atom stereocenters. The summed E-state index contributed by atoms with van der Waals surface area (Å²) in [6.07, 6.45) is 4.24. The van der Waals surface area contributed by atoms with Crippen molar-refractivity contribution in [3.8, 4) is 6.07 Å². The van der Waals surface area contributed by atoms with Gasteiger partial charge in [-0.1, -0.05) is 11.6 Å². The highest BCUT2D eigenvalue weighted by Gasteiger charge is 2.36. The van der Waals surface area contributed by atoms with Crippen molar-refractivity contribution < 1.29 is 9.59 Å². The van der Waals surface area contributed by atoms with E-state index in [-0.39, 0.29) is 18.2 Å². The molecule has 2 aromatic rings. The Bertz CT molecular complexity index is 945. The lowest BCUT2D eigenvalue weighted by molar-refractivity contribution is -0.122. The molecule has 1 N–H and O–H groups in total. The Morgan fingerprint density at radius 3 is 2.74 bits per heavy atom. The number of hydrogen-bond acceptors (Lipinski definition) is 4. The van der Waals surface area contributed by atoms with Crippen molar-refractivity contribution in [2.24, 2.45) is 5.92 Å². The monoisotopic (exact) mass is 399 g/mol. The van der Waals surface area contributed by atoms with E-state index in [4.69, 9.17) is 11.6 Å². The molecule has 1 fully saturated rings. The molecule has 1 saturated heterocycles. The molecular weight excluding hydrogens is 382 g/mol. The summed E-state index contributed by atoms with van der Waals surface area (Å²) in [6.45, 7) is 0.333. The third-order valence-electron chi connectivity index (χ3n) is 5.15. The van der Waals surface area contributed by atoms with Gasteiger partial charge in [-0.15, -0.1) is 11.3 Å². The number of carbonyl (C=O) groups excluding carboxylic acids is 2. The minimum absolute atomic E-state index is 0.0801. The summed E-state index contributed by atoms with van der Waals surface area (Å²) in [5.74, 6) is -0.711. The standard InChI is InChI=1S/C20H18ClN3O2S/c21-13-5-7-14(8-6-13)24-11-12(9-18(24)25)19(26)23-20-16(10-22)15-3-1-2-4-17(15)27-20/h5-8,12H,1-4,9,11H2,(H,23,26)/t12-/m1/s1. The van der Waals surface area contributed by atoms with Crippen LogP contribution in [0.3, 0.4) is 0 Å². The van der Waals surface area contributed by atoms with Crippen molar-refractivity contribution in [1.29, 1.82) is 5.26 Å². The van der Waals surface area contributed by atoms with Crippen molar-refractivity contribution in [3.63, 3.8) is 0 Å². The molecule has 1 aliphatic carbocycles. The molecule has 0 saturated carbocycles. The zero-order valence-corrected chi connectivity index (χ0v) is 16.2. The Labute approximate surface area is 166 Å². The molecule has 0 radical (unpaired) electrons. The number of hydrogen-bond donors (Lipinski definition) is 1. The van der Waals surface area contributed by atoms with E-state index < -0.39 is 5.92 Å². The van der Waals surface area contributed by atoms with Gasteiger partial charge < -0.3 is 10.2 Å². The minimum Gasteiger partial charge on any atom is -0.316 e. The summed E-state index contributed by atoms with van der Waals surface area (Å²) in [4.78, 5) is 28.0. The van der Waals surface area contributed by atoms with Crippen molar-refractivity contribution in [2.45, 2.75) is 32.1 Å². The molecule has 0 spiro atoms. The van der Waals surface area contributed by atoms with Gasteiger partial charge >= 0.3 is 0 Å². The minimum atomic E-state index is -0.432. The quantitative estimate of drug-likeness (QED) is 0.842. The number of halogens is 1. The highest BCUT2D eigenvalue weighted by atomic mass is 35.5. The first-order valence-electron chi connectivity index (χ1n) is 8.98. The van der Waals surface area contributed by atoms with Gasteiger partial charge in [-0.25, -0.2) is 0 Å². The largest absolute Gasteiger partial charge is 0.316 e. The molecular formula is C20H18ClN3O2S. The average Bonchev–Trinajstić information content (AvgIpc) is 3.22. The molecule has 2 amide bonds. The summed E-state index contributed by atoms with van der Waals surface area (Å²) in [6, 6.07) is 9.27. The number of benzene rings is 1. The van der Waals surface area contributed by atoms with E-state index in [1.807, 2.05) is 0 Å². The second kappa shape index (κ2) is 7.34. The van der Waals surface area contributed by atoms with Crippen molar-refractivity contribution >= 4 is 45.4 Å². The molecule has 1 aromatic carbocycles. The highest BCUT2D eigenvalue weighted by Crippen LogP contribution is 2.38. The van der Waals surface area contributed by atoms with E-state index in [9.17, 15) is 14.9 Å². The maximum absolute atomic E-state index is 12.8. The maximum Gasteiger partial charge on any atom is 0.230 e. The summed E-state index contributed by atoms with van der Waals surface area (Å²) < 4.78 is 0. The lowest BCUT2D eigenvalue weighted by Gasteiger charge is -2.16. The Morgan fingerprint density at radius 1 is 1.26 bits per heavy atom. The van der Waals surface area contributed by atoms with Gasteiger partial charge in [0, 0.05) is 28.6 Å². The fourth-order valence-corrected chi connectivity index (χ4v) is 5.11. The predicted octanol–water partition coefficient (Wildman–Crippen LogP) is 4.14. The predicted molar refractivity (Wildman–Crippen MR) is 106 cm³/mol. The Kier molecular flexibility index (Phi) is 4.90. The average molecular weight is 400 g/mol. The number of carbonyl (C=O) groups is 2. The van der Waals surface area contributed by atoms with Crippen LogP contribution in [-0.2, 0) is 22.4 Å². The fourth-order valence-electron chi connectivity index (χ4n) is 3.74. The van der Waals surface area contributed by atoms with E-state index in [0.717, 1.165) is 36.9 Å². The number of nitrogens with one attached hydrogen (secondary N) is 1. The van der Waals surface area contributed by atoms with Crippen LogP contribution in [0, 0.1) is 17.2 Å². The van der Waals surface area contributed by atoms with Gasteiger partial charge in [0.2, 0.25) is 11.8 Å². The summed E-state index contributed by atoms with van der Waals surface area (Å²) in [5.41, 5.74) is 2.43. The second-order valence-corrected chi connectivity index (χ2v) is 8.44. The fraction of sp³-hybridized carbons (Fsp3) is 0.350. The SMILES string of the molecule is N#Cc1c(NC(=O)[C@@H]2CC(=O)N(c3ccc(Cl)cc3)C2)sc2c1CCCC2. The third kappa shape index (κ3) is 3.45. The molecule has 2 heterocycles. The van der Waals surface area contributed by atoms with E-state index in [1.54, 1.807) is 29.2 Å². The van der Waals surface area contributed by atoms with Crippen LogP contribution >= 0.6 is 22.9 Å². The highest BCUT2D eigenvalue weighted by molar-refractivity contribution is 7.16. The Morgan fingerprint density at radius 2 is 2.00 bits per heavy atom. The van der Waals surface area contributed by atoms with Crippen LogP contribution in [0.4, 0.5) is 10.7 Å². The van der Waals surface area contributed by atoms with Crippen LogP contribution in [0.1, 0.15) is 35.3 Å². The van der Waals surface area contributed by atoms with E-state index in [2.05, 4.69) is 11.4 Å². The molecule has 2 aliphatic rings. The zero-order chi connectivity index (χ0) is 19.0. The van der Waals surface area contributed by atoms with Crippen molar-refractivity contribution in [1.82, 2.24) is 0 Å². The van der Waals surface area contributed by atoms with E-state index in [1.165, 1.54) is 16.2 Å². The molecule has 0 bridgehead atoms. The number of thiophene rings is 1. The van der Waals surface area contributed by atoms with Crippen LogP contribution in [0.25, 0.3) is 0 Å². The van der Waals surface area contributed by atoms with Crippen molar-refractivity contribution in [2.75, 3.05) is 16.8 Å². The summed E-state index contributed by atoms with van der Waals surface area (Å²) in [5, 5.41) is 13.7. The summed E-state index contributed by atoms with van der Waals surface area (Å²) in [7, 11) is 0. The molecule has 27 heavy (non-hydrogen) atoms. The number of nitrogens with zero attached hydrogens (tertiary/aromatic N) is 2. The normalized spacial score (nSPS) is 18.9. The number of fused-ring (bicyclic) bond motifs is 1. The zero-order valence-electron chi connectivity index (χ0n) is 14.6. The number of amides is 2. The lowest BCUT2D eigenvalue weighted by Crippen LogP contribution is -2.28. The van der Waals surface area contributed by atoms with Gasteiger partial charge in [0.1, 0.15) is 11.1 Å². The van der Waals surface area contributed by atoms with Gasteiger partial charge in [0.25, 0.3) is 0 Å². The van der Waals surface area contributed by atoms with Crippen LogP contribution < -0.4 is 10.2 Å². The molecule has 7 heteroatoms. The van der Waals surface area contributed by atoms with Crippen LogP contribution in [-0.4, -0.2) is 18.4 Å². The maximum atomic E-state index is 12.8. The first kappa shape index (κ1) is 18.0. The molecule has 1 aliphatic heterocycles. The van der Waals surface area contributed by atoms with Gasteiger partial charge in [0.15, 0.2) is 0 Å². The Hall–Kier alpha value is -2.36. The number of nitriles is 1. The second-order valence-electron chi connectivity index (χ2n) is 6.90. The number of rotatable bonds is 3. The first-order valence-corrected chi connectivity index (χ1v) is 10.2. The summed E-state index contributed by atoms with van der Waals surface area (Å²) >= 11 is 7.41. The number of anilines is 2. The molecule has 1 aromatic heterocycles. The van der Waals surface area contributed by atoms with Crippen molar-refractivity contribution in [3.05, 3.63) is 45.3 Å². The van der Waals surface area contributed by atoms with Crippen LogP contribution in [0.15, 0.2) is 24.3 Å². The van der Waals surface area contributed by atoms with Gasteiger partial charge in [-0.05, 0) is 55.5 Å². The van der Waals surface area contributed by atoms with E-state index >= 15 is 0 Å². The third-order valence-corrected chi connectivity index (χ3v) is 6.61. The molecule has 138 valence electrons. The molecule has 0 unspecified atom stereocenters. The van der Waals surface area contributed by atoms with Gasteiger partial charge in [-0.3, -0.25) is 9.59 Å². The number of aryl methyl sites for hydroxylation is 1. The molecule has 5 nitrogen and oxygen atoms in total. The van der Waals surface area contributed by atoms with Crippen LogP contribution in [0.2, 0.25) is 5.02 Å². The lowest BCUT2D eigenvalue weighted by atomic mass is 9.96. The van der Waals surface area contributed by atoms with Gasteiger partial charge in [0.05, 0.1) is 11.5 Å². The first-order chi connectivity index (χ1) is 13.1. The molecule has 4 rings (SSSR count). The van der Waals surface area contributed by atoms with Gasteiger partial charge in [-0.2, -0.15) is 5.26 Å².